The lowest BCUT2D eigenvalue weighted by Gasteiger charge is -2.26. The third-order valence-corrected chi connectivity index (χ3v) is 5.20. The summed E-state index contributed by atoms with van der Waals surface area (Å²) >= 11 is 3.60. The zero-order chi connectivity index (χ0) is 15.6. The van der Waals surface area contributed by atoms with Gasteiger partial charge < -0.3 is 4.90 Å². The Hall–Kier alpha value is -0.720. The monoisotopic (exact) mass is 356 g/mol. The van der Waals surface area contributed by atoms with Crippen molar-refractivity contribution in [3.63, 3.8) is 0 Å². The maximum atomic E-state index is 12.7. The molecule has 1 fully saturated rings. The van der Waals surface area contributed by atoms with Crippen LogP contribution < -0.4 is 0 Å². The van der Waals surface area contributed by atoms with Gasteiger partial charge in [0.05, 0.1) is 28.3 Å². The summed E-state index contributed by atoms with van der Waals surface area (Å²) in [7, 11) is 6.06. The first-order valence-corrected chi connectivity index (χ1v) is 8.35. The number of likely N-dealkylation sites (N-methyl/N-ethyl adjacent to an activating group) is 2. The van der Waals surface area contributed by atoms with Gasteiger partial charge in [-0.05, 0) is 56.0 Å². The first-order valence-electron chi connectivity index (χ1n) is 7.55. The topological polar surface area (TPSA) is 41.4 Å². The van der Waals surface area contributed by atoms with E-state index in [1.807, 2.05) is 11.7 Å². The van der Waals surface area contributed by atoms with E-state index in [0.717, 1.165) is 48.3 Å². The van der Waals surface area contributed by atoms with Crippen LogP contribution >= 0.6 is 15.9 Å². The minimum absolute atomic E-state index is 0.0237. The standard InChI is InChI=1S/C15H25BrN4O/c1-5-11-15(16)12(20(4)17-11)9-14(21)13-10-18(2)7-6-8-19(13)3/h13H,5-10H2,1-4H3. The first-order chi connectivity index (χ1) is 9.93. The molecule has 0 spiro atoms. The predicted molar refractivity (Wildman–Crippen MR) is 87.5 cm³/mol. The van der Waals surface area contributed by atoms with E-state index in [0.29, 0.717) is 6.42 Å². The molecule has 1 aliphatic rings. The van der Waals surface area contributed by atoms with Crippen LogP contribution in [0.3, 0.4) is 0 Å². The van der Waals surface area contributed by atoms with E-state index in [9.17, 15) is 4.79 Å². The summed E-state index contributed by atoms with van der Waals surface area (Å²) in [6.45, 7) is 4.93. The molecule has 21 heavy (non-hydrogen) atoms. The van der Waals surface area contributed by atoms with Gasteiger partial charge in [-0.1, -0.05) is 6.92 Å². The van der Waals surface area contributed by atoms with E-state index < -0.39 is 0 Å². The number of carbonyl (C=O) groups excluding carboxylic acids is 1. The molecule has 1 aromatic rings. The second kappa shape index (κ2) is 7.03. The fourth-order valence-corrected chi connectivity index (χ4v) is 3.67. The van der Waals surface area contributed by atoms with Gasteiger partial charge in [0.1, 0.15) is 0 Å². The number of hydrogen-bond acceptors (Lipinski definition) is 4. The summed E-state index contributed by atoms with van der Waals surface area (Å²) in [5.41, 5.74) is 2.00. The van der Waals surface area contributed by atoms with Gasteiger partial charge in [0.15, 0.2) is 5.78 Å². The Bertz CT molecular complexity index is 514. The lowest BCUT2D eigenvalue weighted by atomic mass is 10.1. The van der Waals surface area contributed by atoms with Gasteiger partial charge in [0.25, 0.3) is 0 Å². The Morgan fingerprint density at radius 2 is 2.05 bits per heavy atom. The lowest BCUT2D eigenvalue weighted by Crippen LogP contribution is -2.44. The van der Waals surface area contributed by atoms with Crippen LogP contribution in [0.4, 0.5) is 0 Å². The van der Waals surface area contributed by atoms with E-state index in [4.69, 9.17) is 0 Å². The smallest absolute Gasteiger partial charge is 0.157 e. The number of aryl methyl sites for hydroxylation is 2. The van der Waals surface area contributed by atoms with Crippen molar-refractivity contribution < 1.29 is 4.79 Å². The van der Waals surface area contributed by atoms with Crippen molar-refractivity contribution in [1.82, 2.24) is 19.6 Å². The summed E-state index contributed by atoms with van der Waals surface area (Å²) in [4.78, 5) is 17.2. The van der Waals surface area contributed by atoms with E-state index in [-0.39, 0.29) is 11.8 Å². The van der Waals surface area contributed by atoms with Gasteiger partial charge in [0.2, 0.25) is 0 Å². The maximum absolute atomic E-state index is 12.7. The van der Waals surface area contributed by atoms with E-state index in [2.05, 4.69) is 51.8 Å². The highest BCUT2D eigenvalue weighted by atomic mass is 79.9. The number of halogens is 1. The first kappa shape index (κ1) is 16.6. The van der Waals surface area contributed by atoms with Crippen LogP contribution in [0.1, 0.15) is 24.7 Å². The Morgan fingerprint density at radius 3 is 2.67 bits per heavy atom. The van der Waals surface area contributed by atoms with Crippen molar-refractivity contribution in [2.75, 3.05) is 33.7 Å². The van der Waals surface area contributed by atoms with Crippen LogP contribution in [-0.4, -0.2) is 65.1 Å². The van der Waals surface area contributed by atoms with Crippen molar-refractivity contribution in [1.29, 1.82) is 0 Å². The predicted octanol–water partition coefficient (Wildman–Crippen LogP) is 1.49. The summed E-state index contributed by atoms with van der Waals surface area (Å²) < 4.78 is 2.83. The Morgan fingerprint density at radius 1 is 1.33 bits per heavy atom. The fraction of sp³-hybridized carbons (Fsp3) is 0.733. The molecule has 5 nitrogen and oxygen atoms in total. The second-order valence-corrected chi connectivity index (χ2v) is 6.73. The molecule has 2 heterocycles. The van der Waals surface area contributed by atoms with Gasteiger partial charge in [-0.15, -0.1) is 0 Å². The molecule has 0 saturated carbocycles. The molecule has 1 aliphatic heterocycles. The van der Waals surface area contributed by atoms with Crippen molar-refractivity contribution in [2.24, 2.45) is 7.05 Å². The third kappa shape index (κ3) is 3.73. The van der Waals surface area contributed by atoms with Gasteiger partial charge in [-0.2, -0.15) is 5.10 Å². The number of nitrogens with zero attached hydrogens (tertiary/aromatic N) is 4. The minimum Gasteiger partial charge on any atom is -0.304 e. The van der Waals surface area contributed by atoms with Crippen molar-refractivity contribution in [3.8, 4) is 0 Å². The van der Waals surface area contributed by atoms with Crippen LogP contribution in [0.15, 0.2) is 4.47 Å². The molecular formula is C15H25BrN4O. The fourth-order valence-electron chi connectivity index (χ4n) is 2.91. The highest BCUT2D eigenvalue weighted by molar-refractivity contribution is 9.10. The lowest BCUT2D eigenvalue weighted by molar-refractivity contribution is -0.123. The third-order valence-electron chi connectivity index (χ3n) is 4.28. The average Bonchev–Trinajstić information content (AvgIpc) is 2.60. The van der Waals surface area contributed by atoms with Crippen LogP contribution in [0.5, 0.6) is 0 Å². The van der Waals surface area contributed by atoms with Gasteiger partial charge in [-0.3, -0.25) is 14.4 Å². The number of hydrogen-bond donors (Lipinski definition) is 0. The molecule has 0 N–H and O–H groups in total. The van der Waals surface area contributed by atoms with Crippen LogP contribution in [0.2, 0.25) is 0 Å². The SMILES string of the molecule is CCc1nn(C)c(CC(=O)C2CN(C)CCCN2C)c1Br. The Balaban J connectivity index is 2.15. The molecule has 1 unspecified atom stereocenters. The molecule has 2 rings (SSSR count). The van der Waals surface area contributed by atoms with E-state index in [1.54, 1.807) is 0 Å². The summed E-state index contributed by atoms with van der Waals surface area (Å²) in [6.07, 6.45) is 2.42. The average molecular weight is 357 g/mol. The zero-order valence-electron chi connectivity index (χ0n) is 13.4. The minimum atomic E-state index is -0.0237. The van der Waals surface area contributed by atoms with Gasteiger partial charge >= 0.3 is 0 Å². The molecule has 118 valence electrons. The summed E-state index contributed by atoms with van der Waals surface area (Å²) in [5, 5.41) is 4.47. The van der Waals surface area contributed by atoms with Gasteiger partial charge in [0, 0.05) is 13.6 Å². The van der Waals surface area contributed by atoms with Crippen LogP contribution in [0, 0.1) is 0 Å². The number of aromatic nitrogens is 2. The van der Waals surface area contributed by atoms with Crippen molar-refractivity contribution >= 4 is 21.7 Å². The molecule has 1 saturated heterocycles. The highest BCUT2D eigenvalue weighted by Gasteiger charge is 2.28. The number of ketones is 1. The van der Waals surface area contributed by atoms with Gasteiger partial charge in [-0.25, -0.2) is 0 Å². The number of Topliss-reactive ketones (excluding diaryl/α,β-unsaturated/α-hetero) is 1. The molecule has 0 amide bonds. The zero-order valence-corrected chi connectivity index (χ0v) is 15.0. The maximum Gasteiger partial charge on any atom is 0.157 e. The molecule has 1 aromatic heterocycles. The van der Waals surface area contributed by atoms with Crippen LogP contribution in [0.25, 0.3) is 0 Å². The van der Waals surface area contributed by atoms with E-state index in [1.165, 1.54) is 0 Å². The van der Waals surface area contributed by atoms with Crippen molar-refractivity contribution in [3.05, 3.63) is 15.9 Å². The molecular weight excluding hydrogens is 332 g/mol. The number of carbonyl (C=O) groups is 1. The normalized spacial score (nSPS) is 21.5. The van der Waals surface area contributed by atoms with E-state index >= 15 is 0 Å². The molecule has 0 bridgehead atoms. The molecule has 0 aliphatic carbocycles. The molecule has 1 atom stereocenters. The number of rotatable bonds is 4. The molecule has 0 radical (unpaired) electrons. The van der Waals surface area contributed by atoms with Crippen molar-refractivity contribution in [2.45, 2.75) is 32.2 Å². The second-order valence-electron chi connectivity index (χ2n) is 5.94. The highest BCUT2D eigenvalue weighted by Crippen LogP contribution is 2.23. The largest absolute Gasteiger partial charge is 0.304 e. The summed E-state index contributed by atoms with van der Waals surface area (Å²) in [6, 6.07) is -0.0237. The van der Waals surface area contributed by atoms with Crippen LogP contribution in [-0.2, 0) is 24.7 Å². The Labute approximate surface area is 135 Å². The quantitative estimate of drug-likeness (QED) is 0.819. The molecule has 0 aromatic carbocycles. The Kier molecular flexibility index (Phi) is 5.57. The molecule has 6 heteroatoms. The summed E-state index contributed by atoms with van der Waals surface area (Å²) in [5.74, 6) is 0.276.